The van der Waals surface area contributed by atoms with E-state index in [9.17, 15) is 5.11 Å². The topological polar surface area (TPSA) is 56.8 Å². The average molecular weight is 424 g/mol. The molecule has 5 nitrogen and oxygen atoms in total. The molecule has 0 aromatic heterocycles. The number of fused-ring (bicyclic) bond motifs is 2. The molecule has 158 valence electrons. The number of aromatic hydroxyl groups is 1. The van der Waals surface area contributed by atoms with Gasteiger partial charge in [-0.25, -0.2) is 5.12 Å². The van der Waals surface area contributed by atoms with Crippen molar-refractivity contribution in [1.82, 2.24) is 10.5 Å². The van der Waals surface area contributed by atoms with Crippen molar-refractivity contribution >= 4 is 29.0 Å². The van der Waals surface area contributed by atoms with Gasteiger partial charge < -0.3 is 9.84 Å². The number of nitrogens with zero attached hydrogens (tertiary/aromatic N) is 1. The molecule has 0 fully saturated rings. The Kier molecular flexibility index (Phi) is 4.93. The summed E-state index contributed by atoms with van der Waals surface area (Å²) >= 11 is 5.78. The zero-order valence-electron chi connectivity index (χ0n) is 18.4. The van der Waals surface area contributed by atoms with E-state index >= 15 is 0 Å². The number of rotatable bonds is 2. The van der Waals surface area contributed by atoms with Crippen LogP contribution in [0.3, 0.4) is 0 Å². The highest BCUT2D eigenvalue weighted by atomic mass is 32.1. The molecular weight excluding hydrogens is 394 g/mol. The number of hydrogen-bond acceptors (Lipinski definition) is 5. The molecule has 3 N–H and O–H groups in total. The fraction of sp³-hybridized carbons (Fsp3) is 0.375. The van der Waals surface area contributed by atoms with E-state index in [1.165, 1.54) is 16.7 Å². The number of hydrogen-bond donors (Lipinski definition) is 3. The van der Waals surface area contributed by atoms with E-state index in [1.54, 1.807) is 5.12 Å². The van der Waals surface area contributed by atoms with E-state index in [0.29, 0.717) is 10.7 Å². The van der Waals surface area contributed by atoms with Gasteiger partial charge in [0.05, 0.1) is 5.69 Å². The van der Waals surface area contributed by atoms with Crippen molar-refractivity contribution in [1.29, 1.82) is 0 Å². The van der Waals surface area contributed by atoms with Crippen molar-refractivity contribution < 1.29 is 9.84 Å². The first kappa shape index (κ1) is 20.5. The third-order valence-electron chi connectivity index (χ3n) is 6.38. The quantitative estimate of drug-likeness (QED) is 0.580. The van der Waals surface area contributed by atoms with Crippen LogP contribution in [0.25, 0.3) is 6.08 Å². The molecule has 0 bridgehead atoms. The molecule has 6 heteroatoms. The first-order chi connectivity index (χ1) is 14.1. The summed E-state index contributed by atoms with van der Waals surface area (Å²) in [5.41, 5.74) is 14.5. The molecule has 0 amide bonds. The van der Waals surface area contributed by atoms with Gasteiger partial charge in [0.25, 0.3) is 0 Å². The Labute approximate surface area is 183 Å². The Balaban J connectivity index is 1.55. The minimum Gasteiger partial charge on any atom is -0.507 e. The summed E-state index contributed by atoms with van der Waals surface area (Å²) < 4.78 is 6.48. The molecule has 2 heterocycles. The molecule has 2 aromatic rings. The smallest absolute Gasteiger partial charge is 0.158 e. The Bertz CT molecular complexity index is 1090. The van der Waals surface area contributed by atoms with Crippen molar-refractivity contribution in [3.05, 3.63) is 57.3 Å². The molecule has 1 atom stereocenters. The van der Waals surface area contributed by atoms with Crippen molar-refractivity contribution in [3.8, 4) is 11.5 Å². The Morgan fingerprint density at radius 2 is 1.90 bits per heavy atom. The van der Waals surface area contributed by atoms with E-state index in [2.05, 4.69) is 42.9 Å². The molecule has 0 saturated heterocycles. The van der Waals surface area contributed by atoms with Crippen LogP contribution in [0.4, 0.5) is 5.69 Å². The molecule has 0 spiro atoms. The van der Waals surface area contributed by atoms with Gasteiger partial charge in [-0.2, -0.15) is 0 Å². The largest absolute Gasteiger partial charge is 0.507 e. The number of phenolic OH excluding ortho intramolecular Hbond substituents is 1. The monoisotopic (exact) mass is 423 g/mol. The second-order valence-electron chi connectivity index (χ2n) is 8.65. The second kappa shape index (κ2) is 7.20. The van der Waals surface area contributed by atoms with E-state index in [4.69, 9.17) is 17.0 Å². The number of benzene rings is 2. The van der Waals surface area contributed by atoms with Crippen LogP contribution >= 0.6 is 12.2 Å². The van der Waals surface area contributed by atoms with Crippen LogP contribution in [0.2, 0.25) is 0 Å². The summed E-state index contributed by atoms with van der Waals surface area (Å²) in [4.78, 5) is 0.612. The van der Waals surface area contributed by atoms with Gasteiger partial charge in [0.15, 0.2) is 5.60 Å². The second-order valence-corrected chi connectivity index (χ2v) is 9.05. The lowest BCUT2D eigenvalue weighted by molar-refractivity contribution is 0.126. The number of anilines is 1. The Hall–Kier alpha value is -2.73. The summed E-state index contributed by atoms with van der Waals surface area (Å²) in [5, 5.41) is 12.2. The van der Waals surface area contributed by atoms with Crippen molar-refractivity contribution in [2.75, 3.05) is 5.43 Å². The lowest BCUT2D eigenvalue weighted by atomic mass is 9.87. The molecular formula is C24H29N3O2S. The SMILES string of the molecule is Cc1cc(C)c2c(c1)NN(NC(=S)C1(C)CCc3c(C)c(O)c(C)c(C)c3O1)C=C2. The number of nitrogens with one attached hydrogen (secondary N) is 2. The minimum absolute atomic E-state index is 0.367. The predicted molar refractivity (Wildman–Crippen MR) is 126 cm³/mol. The van der Waals surface area contributed by atoms with Crippen LogP contribution in [-0.2, 0) is 6.42 Å². The van der Waals surface area contributed by atoms with Crippen LogP contribution in [0.5, 0.6) is 11.5 Å². The van der Waals surface area contributed by atoms with Crippen LogP contribution in [0.15, 0.2) is 18.3 Å². The number of aryl methyl sites for hydroxylation is 2. The maximum absolute atomic E-state index is 10.4. The van der Waals surface area contributed by atoms with E-state index in [1.807, 2.05) is 33.9 Å². The van der Waals surface area contributed by atoms with E-state index < -0.39 is 5.60 Å². The zero-order chi connectivity index (χ0) is 21.8. The molecule has 30 heavy (non-hydrogen) atoms. The van der Waals surface area contributed by atoms with Crippen molar-refractivity contribution in [3.63, 3.8) is 0 Å². The summed E-state index contributed by atoms with van der Waals surface area (Å²) in [6, 6.07) is 4.30. The van der Waals surface area contributed by atoms with Crippen molar-refractivity contribution in [2.45, 2.75) is 60.0 Å². The van der Waals surface area contributed by atoms with Crippen molar-refractivity contribution in [2.24, 2.45) is 0 Å². The molecule has 4 rings (SSSR count). The zero-order valence-corrected chi connectivity index (χ0v) is 19.3. The standard InChI is InChI=1S/C24H29N3O2S/c1-13-11-14(2)18-8-10-27(25-20(18)12-13)26-23(30)24(6)9-7-19-17(5)21(28)15(3)16(4)22(19)29-24/h8,10-12,25,28H,7,9H2,1-6H3,(H,26,30). The van der Waals surface area contributed by atoms with Gasteiger partial charge in [-0.15, -0.1) is 0 Å². The van der Waals surface area contributed by atoms with Gasteiger partial charge in [-0.1, -0.05) is 18.3 Å². The highest BCUT2D eigenvalue weighted by Crippen LogP contribution is 2.43. The first-order valence-electron chi connectivity index (χ1n) is 10.3. The lowest BCUT2D eigenvalue weighted by Gasteiger charge is -2.40. The molecule has 0 saturated carbocycles. The van der Waals surface area contributed by atoms with Gasteiger partial charge in [-0.3, -0.25) is 10.9 Å². The Morgan fingerprint density at radius 3 is 2.63 bits per heavy atom. The summed E-state index contributed by atoms with van der Waals surface area (Å²) in [6.07, 6.45) is 5.56. The fourth-order valence-electron chi connectivity index (χ4n) is 4.31. The molecule has 2 aliphatic heterocycles. The maximum atomic E-state index is 10.4. The third kappa shape index (κ3) is 3.29. The lowest BCUT2D eigenvalue weighted by Crippen LogP contribution is -2.55. The average Bonchev–Trinajstić information content (AvgIpc) is 2.70. The van der Waals surface area contributed by atoms with Gasteiger partial charge in [-0.05, 0) is 94.3 Å². The summed E-state index contributed by atoms with van der Waals surface area (Å²) in [7, 11) is 0. The van der Waals surface area contributed by atoms with E-state index in [0.717, 1.165) is 46.5 Å². The molecule has 0 radical (unpaired) electrons. The highest BCUT2D eigenvalue weighted by Gasteiger charge is 2.39. The molecule has 0 aliphatic carbocycles. The van der Waals surface area contributed by atoms with Gasteiger partial charge in [0, 0.05) is 17.3 Å². The predicted octanol–water partition coefficient (Wildman–Crippen LogP) is 5.16. The fourth-order valence-corrected chi connectivity index (χ4v) is 4.55. The van der Waals surface area contributed by atoms with E-state index in [-0.39, 0.29) is 0 Å². The first-order valence-corrected chi connectivity index (χ1v) is 10.7. The molecule has 2 aromatic carbocycles. The normalized spacial score (nSPS) is 19.5. The van der Waals surface area contributed by atoms with Crippen LogP contribution in [0, 0.1) is 34.6 Å². The highest BCUT2D eigenvalue weighted by molar-refractivity contribution is 7.80. The third-order valence-corrected chi connectivity index (χ3v) is 6.91. The molecule has 2 aliphatic rings. The van der Waals surface area contributed by atoms with Crippen LogP contribution in [-0.4, -0.2) is 20.8 Å². The summed E-state index contributed by atoms with van der Waals surface area (Å²) in [5.74, 6) is 1.21. The molecule has 1 unspecified atom stereocenters. The summed E-state index contributed by atoms with van der Waals surface area (Å²) in [6.45, 7) is 12.1. The number of thiocarbonyl (C=S) groups is 1. The van der Waals surface area contributed by atoms with Gasteiger partial charge in [0.2, 0.25) is 0 Å². The van der Waals surface area contributed by atoms with Crippen LogP contribution < -0.4 is 15.6 Å². The van der Waals surface area contributed by atoms with Crippen LogP contribution in [0.1, 0.15) is 52.3 Å². The Morgan fingerprint density at radius 1 is 1.17 bits per heavy atom. The number of ether oxygens (including phenoxy) is 1. The van der Waals surface area contributed by atoms with Gasteiger partial charge in [0.1, 0.15) is 16.5 Å². The number of phenols is 1. The minimum atomic E-state index is -0.638. The number of hydrazine groups is 2. The van der Waals surface area contributed by atoms with Gasteiger partial charge >= 0.3 is 0 Å². The maximum Gasteiger partial charge on any atom is 0.158 e.